The summed E-state index contributed by atoms with van der Waals surface area (Å²) in [6.07, 6.45) is 5.29. The Labute approximate surface area is 124 Å². The van der Waals surface area contributed by atoms with Crippen LogP contribution in [0.4, 0.5) is 0 Å². The van der Waals surface area contributed by atoms with E-state index in [1.165, 1.54) is 5.56 Å². The van der Waals surface area contributed by atoms with Crippen LogP contribution in [0.1, 0.15) is 16.1 Å². The second-order valence-corrected chi connectivity index (χ2v) is 5.26. The van der Waals surface area contributed by atoms with Crippen LogP contribution >= 0.6 is 0 Å². The highest BCUT2D eigenvalue weighted by Gasteiger charge is 2.23. The van der Waals surface area contributed by atoms with Crippen LogP contribution in [0.2, 0.25) is 0 Å². The summed E-state index contributed by atoms with van der Waals surface area (Å²) >= 11 is 0. The van der Waals surface area contributed by atoms with Gasteiger partial charge >= 0.3 is 0 Å². The number of hydrogen-bond donors (Lipinski definition) is 0. The molecule has 0 atom stereocenters. The van der Waals surface area contributed by atoms with Crippen LogP contribution in [0.15, 0.2) is 36.8 Å². The first-order valence-corrected chi connectivity index (χ1v) is 7.12. The molecule has 0 saturated carbocycles. The van der Waals surface area contributed by atoms with E-state index in [0.717, 1.165) is 32.7 Å². The van der Waals surface area contributed by atoms with Gasteiger partial charge in [-0.15, -0.1) is 0 Å². The van der Waals surface area contributed by atoms with Crippen molar-refractivity contribution >= 4 is 5.91 Å². The van der Waals surface area contributed by atoms with E-state index < -0.39 is 0 Å². The number of hydrogen-bond acceptors (Lipinski definition) is 4. The molecule has 1 amide bonds. The summed E-state index contributed by atoms with van der Waals surface area (Å²) in [5.74, 6) is 0.0681. The second kappa shape index (κ2) is 6.05. The van der Waals surface area contributed by atoms with Crippen LogP contribution in [0, 0.1) is 0 Å². The third kappa shape index (κ3) is 3.11. The van der Waals surface area contributed by atoms with Crippen LogP contribution in [-0.2, 0) is 13.6 Å². The summed E-state index contributed by atoms with van der Waals surface area (Å²) in [6, 6.07) is 5.84. The average Bonchev–Trinajstić information content (AvgIpc) is 2.94. The van der Waals surface area contributed by atoms with Gasteiger partial charge in [-0.1, -0.05) is 0 Å². The second-order valence-electron chi connectivity index (χ2n) is 5.26. The van der Waals surface area contributed by atoms with Crippen LogP contribution in [-0.4, -0.2) is 56.7 Å². The number of rotatable bonds is 3. The Balaban J connectivity index is 1.56. The first-order valence-electron chi connectivity index (χ1n) is 7.12. The maximum absolute atomic E-state index is 12.4. The zero-order valence-corrected chi connectivity index (χ0v) is 12.1. The lowest BCUT2D eigenvalue weighted by molar-refractivity contribution is 0.0618. The van der Waals surface area contributed by atoms with E-state index in [4.69, 9.17) is 0 Å². The van der Waals surface area contributed by atoms with Gasteiger partial charge in [0.25, 0.3) is 5.91 Å². The van der Waals surface area contributed by atoms with Crippen LogP contribution in [0.3, 0.4) is 0 Å². The molecular formula is C15H19N5O. The van der Waals surface area contributed by atoms with Crippen molar-refractivity contribution < 1.29 is 4.79 Å². The predicted octanol–water partition coefficient (Wildman–Crippen LogP) is 0.773. The molecule has 2 aromatic heterocycles. The Morgan fingerprint density at radius 3 is 2.43 bits per heavy atom. The molecule has 2 aromatic rings. The smallest absolute Gasteiger partial charge is 0.272 e. The molecule has 1 aliphatic heterocycles. The normalized spacial score (nSPS) is 16.1. The van der Waals surface area contributed by atoms with Crippen molar-refractivity contribution in [2.45, 2.75) is 6.54 Å². The molecular weight excluding hydrogens is 266 g/mol. The van der Waals surface area contributed by atoms with Crippen molar-refractivity contribution in [2.75, 3.05) is 26.2 Å². The minimum atomic E-state index is 0.0681. The Kier molecular flexibility index (Phi) is 3.96. The molecule has 3 heterocycles. The van der Waals surface area contributed by atoms with Gasteiger partial charge in [-0.25, -0.2) is 0 Å². The van der Waals surface area contributed by atoms with Crippen molar-refractivity contribution in [3.05, 3.63) is 48.0 Å². The van der Waals surface area contributed by atoms with Crippen LogP contribution in [0.5, 0.6) is 0 Å². The van der Waals surface area contributed by atoms with E-state index in [1.807, 2.05) is 29.4 Å². The fourth-order valence-electron chi connectivity index (χ4n) is 2.60. The predicted molar refractivity (Wildman–Crippen MR) is 78.6 cm³/mol. The zero-order valence-electron chi connectivity index (χ0n) is 12.1. The van der Waals surface area contributed by atoms with E-state index in [9.17, 15) is 4.79 Å². The monoisotopic (exact) mass is 285 g/mol. The van der Waals surface area contributed by atoms with E-state index in [-0.39, 0.29) is 5.91 Å². The number of pyridine rings is 1. The highest BCUT2D eigenvalue weighted by Crippen LogP contribution is 2.10. The Hall–Kier alpha value is -2.21. The lowest BCUT2D eigenvalue weighted by Crippen LogP contribution is -2.48. The van der Waals surface area contributed by atoms with Crippen LogP contribution in [0.25, 0.3) is 0 Å². The number of carbonyl (C=O) groups excluding carboxylic acids is 1. The van der Waals surface area contributed by atoms with Gasteiger partial charge in [-0.3, -0.25) is 19.4 Å². The molecule has 0 unspecified atom stereocenters. The van der Waals surface area contributed by atoms with Crippen molar-refractivity contribution in [3.63, 3.8) is 0 Å². The molecule has 0 spiro atoms. The Morgan fingerprint density at radius 1 is 1.10 bits per heavy atom. The SMILES string of the molecule is Cn1nccc1C(=O)N1CCN(Cc2ccncc2)CC1. The summed E-state index contributed by atoms with van der Waals surface area (Å²) < 4.78 is 1.63. The van der Waals surface area contributed by atoms with E-state index in [1.54, 1.807) is 24.0 Å². The first kappa shape index (κ1) is 13.8. The van der Waals surface area contributed by atoms with Gasteiger partial charge in [0.2, 0.25) is 0 Å². The minimum Gasteiger partial charge on any atom is -0.335 e. The van der Waals surface area contributed by atoms with Gasteiger partial charge < -0.3 is 4.90 Å². The van der Waals surface area contributed by atoms with Gasteiger partial charge in [0.15, 0.2) is 0 Å². The summed E-state index contributed by atoms with van der Waals surface area (Å²) in [6.45, 7) is 4.22. The maximum Gasteiger partial charge on any atom is 0.272 e. The molecule has 6 heteroatoms. The first-order chi connectivity index (χ1) is 10.2. The molecule has 0 bridgehead atoms. The van der Waals surface area contributed by atoms with Gasteiger partial charge in [-0.05, 0) is 23.8 Å². The summed E-state index contributed by atoms with van der Waals surface area (Å²) in [5.41, 5.74) is 1.91. The molecule has 6 nitrogen and oxygen atoms in total. The van der Waals surface area contributed by atoms with E-state index in [2.05, 4.69) is 15.0 Å². The summed E-state index contributed by atoms with van der Waals surface area (Å²) in [5, 5.41) is 4.06. The quantitative estimate of drug-likeness (QED) is 0.836. The molecule has 1 saturated heterocycles. The third-order valence-electron chi connectivity index (χ3n) is 3.86. The number of aryl methyl sites for hydroxylation is 1. The van der Waals surface area contributed by atoms with Crippen molar-refractivity contribution in [3.8, 4) is 0 Å². The molecule has 1 fully saturated rings. The summed E-state index contributed by atoms with van der Waals surface area (Å²) in [7, 11) is 1.80. The Morgan fingerprint density at radius 2 is 1.81 bits per heavy atom. The van der Waals surface area contributed by atoms with Gasteiger partial charge in [0.1, 0.15) is 5.69 Å². The van der Waals surface area contributed by atoms with Gasteiger partial charge in [0, 0.05) is 58.4 Å². The Bertz CT molecular complexity index is 602. The number of carbonyl (C=O) groups is 1. The lowest BCUT2D eigenvalue weighted by atomic mass is 10.2. The highest BCUT2D eigenvalue weighted by atomic mass is 16.2. The molecule has 0 N–H and O–H groups in total. The topological polar surface area (TPSA) is 54.3 Å². The fraction of sp³-hybridized carbons (Fsp3) is 0.400. The molecule has 0 aromatic carbocycles. The van der Waals surface area contributed by atoms with E-state index >= 15 is 0 Å². The van der Waals surface area contributed by atoms with E-state index in [0.29, 0.717) is 5.69 Å². The van der Waals surface area contributed by atoms with Crippen molar-refractivity contribution in [1.29, 1.82) is 0 Å². The molecule has 1 aliphatic rings. The molecule has 0 radical (unpaired) electrons. The van der Waals surface area contributed by atoms with Gasteiger partial charge in [0.05, 0.1) is 0 Å². The standard InChI is InChI=1S/C15H19N5O/c1-18-14(4-7-17-18)15(21)20-10-8-19(9-11-20)12-13-2-5-16-6-3-13/h2-7H,8-12H2,1H3. The number of nitrogens with zero attached hydrogens (tertiary/aromatic N) is 5. The number of amides is 1. The fourth-order valence-corrected chi connectivity index (χ4v) is 2.60. The molecule has 3 rings (SSSR count). The average molecular weight is 285 g/mol. The minimum absolute atomic E-state index is 0.0681. The maximum atomic E-state index is 12.4. The van der Waals surface area contributed by atoms with Crippen LogP contribution < -0.4 is 0 Å². The molecule has 21 heavy (non-hydrogen) atoms. The van der Waals surface area contributed by atoms with Crippen molar-refractivity contribution in [2.24, 2.45) is 7.05 Å². The largest absolute Gasteiger partial charge is 0.335 e. The van der Waals surface area contributed by atoms with Crippen molar-refractivity contribution in [1.82, 2.24) is 24.6 Å². The highest BCUT2D eigenvalue weighted by molar-refractivity contribution is 5.92. The molecule has 110 valence electrons. The molecule has 0 aliphatic carbocycles. The third-order valence-corrected chi connectivity index (χ3v) is 3.86. The number of piperazine rings is 1. The number of aromatic nitrogens is 3. The lowest BCUT2D eigenvalue weighted by Gasteiger charge is -2.34. The summed E-state index contributed by atoms with van der Waals surface area (Å²) in [4.78, 5) is 20.7. The zero-order chi connectivity index (χ0) is 14.7. The van der Waals surface area contributed by atoms with Gasteiger partial charge in [-0.2, -0.15) is 5.10 Å².